The summed E-state index contributed by atoms with van der Waals surface area (Å²) in [6.07, 6.45) is 1.64. The second-order valence-electron chi connectivity index (χ2n) is 3.37. The zero-order valence-corrected chi connectivity index (χ0v) is 10.0. The van der Waals surface area contributed by atoms with E-state index in [0.29, 0.717) is 22.3 Å². The first-order valence-corrected chi connectivity index (χ1v) is 5.38. The second kappa shape index (κ2) is 4.31. The molecule has 4 nitrogen and oxygen atoms in total. The van der Waals surface area contributed by atoms with Crippen LogP contribution in [0.4, 0.5) is 10.5 Å². The first-order chi connectivity index (χ1) is 7.59. The number of amides is 2. The monoisotopic (exact) mass is 257 g/mol. The van der Waals surface area contributed by atoms with Crippen LogP contribution in [0.2, 0.25) is 10.0 Å². The smallest absolute Gasteiger partial charge is 0.321 e. The Kier molecular flexibility index (Phi) is 3.03. The molecule has 2 amide bonds. The number of nitrogens with zero attached hydrogens (tertiary/aromatic N) is 3. The predicted molar refractivity (Wildman–Crippen MR) is 65.5 cm³/mol. The van der Waals surface area contributed by atoms with Crippen molar-refractivity contribution in [2.75, 3.05) is 18.6 Å². The molecule has 0 aliphatic carbocycles. The largest absolute Gasteiger partial charge is 0.345 e. The molecule has 1 aliphatic heterocycles. The molecule has 0 radical (unpaired) electrons. The molecular weight excluding hydrogens is 249 g/mol. The van der Waals surface area contributed by atoms with Gasteiger partial charge in [0.15, 0.2) is 0 Å². The first-order valence-electron chi connectivity index (χ1n) is 4.62. The van der Waals surface area contributed by atoms with Crippen LogP contribution in [0.25, 0.3) is 0 Å². The van der Waals surface area contributed by atoms with Gasteiger partial charge in [-0.2, -0.15) is 10.1 Å². The minimum Gasteiger partial charge on any atom is -0.321 e. The number of hydrazone groups is 1. The van der Waals surface area contributed by atoms with Crippen molar-refractivity contribution in [1.82, 2.24) is 4.90 Å². The fourth-order valence-electron chi connectivity index (χ4n) is 1.34. The van der Waals surface area contributed by atoms with Gasteiger partial charge in [0.25, 0.3) is 0 Å². The van der Waals surface area contributed by atoms with Gasteiger partial charge in [0.1, 0.15) is 0 Å². The van der Waals surface area contributed by atoms with E-state index in [1.165, 1.54) is 9.91 Å². The van der Waals surface area contributed by atoms with Gasteiger partial charge in [-0.1, -0.05) is 23.2 Å². The van der Waals surface area contributed by atoms with Crippen molar-refractivity contribution >= 4 is 41.1 Å². The third kappa shape index (κ3) is 1.99. The maximum Gasteiger partial charge on any atom is 0.345 e. The Labute approximate surface area is 103 Å². The summed E-state index contributed by atoms with van der Waals surface area (Å²) in [4.78, 5) is 13.4. The van der Waals surface area contributed by atoms with E-state index in [-0.39, 0.29) is 6.03 Å². The highest BCUT2D eigenvalue weighted by atomic mass is 35.5. The van der Waals surface area contributed by atoms with Crippen molar-refractivity contribution in [3.05, 3.63) is 28.2 Å². The molecule has 1 aromatic rings. The summed E-state index contributed by atoms with van der Waals surface area (Å²) >= 11 is 11.9. The number of carbonyl (C=O) groups is 1. The highest BCUT2D eigenvalue weighted by Crippen LogP contribution is 2.30. The summed E-state index contributed by atoms with van der Waals surface area (Å²) in [6, 6.07) is 4.68. The van der Waals surface area contributed by atoms with Crippen LogP contribution in [0.1, 0.15) is 0 Å². The number of halogens is 2. The Balaban J connectivity index is 2.43. The number of rotatable bonds is 1. The molecule has 0 aromatic heterocycles. The molecule has 16 heavy (non-hydrogen) atoms. The van der Waals surface area contributed by atoms with Crippen LogP contribution < -0.4 is 5.01 Å². The number of carbonyl (C=O) groups excluding carboxylic acids is 1. The van der Waals surface area contributed by atoms with Crippen molar-refractivity contribution in [3.8, 4) is 0 Å². The lowest BCUT2D eigenvalue weighted by Gasteiger charge is -2.27. The molecule has 0 unspecified atom stereocenters. The van der Waals surface area contributed by atoms with E-state index in [2.05, 4.69) is 5.10 Å². The minimum absolute atomic E-state index is 0.230. The summed E-state index contributed by atoms with van der Waals surface area (Å²) in [5, 5.41) is 6.19. The number of hydrogen-bond donors (Lipinski definition) is 0. The number of benzene rings is 1. The number of hydrogen-bond acceptors (Lipinski definition) is 2. The average molecular weight is 258 g/mol. The van der Waals surface area contributed by atoms with Crippen molar-refractivity contribution in [1.29, 1.82) is 0 Å². The zero-order valence-electron chi connectivity index (χ0n) is 8.52. The fraction of sp³-hybridized carbons (Fsp3) is 0.200. The lowest BCUT2D eigenvalue weighted by Crippen LogP contribution is -2.43. The number of anilines is 1. The normalized spacial score (nSPS) is 15.8. The quantitative estimate of drug-likeness (QED) is 0.762. The fourth-order valence-corrected chi connectivity index (χ4v) is 1.71. The van der Waals surface area contributed by atoms with Gasteiger partial charge in [-0.15, -0.1) is 0 Å². The first kappa shape index (κ1) is 11.2. The molecule has 6 heteroatoms. The molecule has 0 spiro atoms. The minimum atomic E-state index is -0.230. The highest BCUT2D eigenvalue weighted by molar-refractivity contribution is 6.35. The molecule has 1 heterocycles. The Bertz CT molecular complexity index is 461. The van der Waals surface area contributed by atoms with Crippen molar-refractivity contribution in [3.63, 3.8) is 0 Å². The maximum absolute atomic E-state index is 11.8. The van der Waals surface area contributed by atoms with Gasteiger partial charge < -0.3 is 4.90 Å². The standard InChI is InChI=1S/C10H9Cl2N3O/c1-14-5-4-13-15(10(14)16)9-6-7(11)2-3-8(9)12/h2-4,6H,5H2,1H3. The van der Waals surface area contributed by atoms with Crippen molar-refractivity contribution < 1.29 is 4.79 Å². The molecule has 1 aromatic carbocycles. The van der Waals surface area contributed by atoms with Gasteiger partial charge in [-0.3, -0.25) is 0 Å². The van der Waals surface area contributed by atoms with Gasteiger partial charge in [0.2, 0.25) is 0 Å². The van der Waals surface area contributed by atoms with Gasteiger partial charge in [0, 0.05) is 18.3 Å². The van der Waals surface area contributed by atoms with Crippen LogP contribution in [-0.2, 0) is 0 Å². The molecule has 0 saturated carbocycles. The molecule has 0 fully saturated rings. The van der Waals surface area contributed by atoms with Crippen molar-refractivity contribution in [2.45, 2.75) is 0 Å². The molecule has 0 saturated heterocycles. The predicted octanol–water partition coefficient (Wildman–Crippen LogP) is 2.85. The van der Waals surface area contributed by atoms with Crippen LogP contribution in [0.3, 0.4) is 0 Å². The van der Waals surface area contributed by atoms with Crippen LogP contribution >= 0.6 is 23.2 Å². The van der Waals surface area contributed by atoms with E-state index in [4.69, 9.17) is 23.2 Å². The van der Waals surface area contributed by atoms with Crippen molar-refractivity contribution in [2.24, 2.45) is 5.10 Å². The van der Waals surface area contributed by atoms with Gasteiger partial charge >= 0.3 is 6.03 Å². The Morgan fingerprint density at radius 2 is 2.12 bits per heavy atom. The van der Waals surface area contributed by atoms with Gasteiger partial charge in [-0.25, -0.2) is 4.79 Å². The molecular formula is C10H9Cl2N3O. The Hall–Kier alpha value is -1.26. The Morgan fingerprint density at radius 3 is 2.88 bits per heavy atom. The molecule has 0 bridgehead atoms. The van der Waals surface area contributed by atoms with Gasteiger partial charge in [0.05, 0.1) is 17.3 Å². The third-order valence-corrected chi connectivity index (χ3v) is 2.75. The molecule has 0 atom stereocenters. The maximum atomic E-state index is 11.8. The lowest BCUT2D eigenvalue weighted by molar-refractivity contribution is 0.219. The highest BCUT2D eigenvalue weighted by Gasteiger charge is 2.23. The van der Waals surface area contributed by atoms with E-state index in [9.17, 15) is 4.79 Å². The van der Waals surface area contributed by atoms with E-state index < -0.39 is 0 Å². The second-order valence-corrected chi connectivity index (χ2v) is 4.21. The zero-order chi connectivity index (χ0) is 11.7. The Morgan fingerprint density at radius 1 is 1.38 bits per heavy atom. The third-order valence-electron chi connectivity index (χ3n) is 2.20. The SMILES string of the molecule is CN1CC=NN(c2cc(Cl)ccc2Cl)C1=O. The molecule has 84 valence electrons. The molecule has 1 aliphatic rings. The summed E-state index contributed by atoms with van der Waals surface area (Å²) in [5.41, 5.74) is 0.488. The van der Waals surface area contributed by atoms with Crippen LogP contribution in [-0.4, -0.2) is 30.7 Å². The molecule has 0 N–H and O–H groups in total. The van der Waals surface area contributed by atoms with E-state index >= 15 is 0 Å². The topological polar surface area (TPSA) is 35.9 Å². The van der Waals surface area contributed by atoms with E-state index in [1.54, 1.807) is 31.5 Å². The summed E-state index contributed by atoms with van der Waals surface area (Å²) < 4.78 is 0. The number of urea groups is 1. The van der Waals surface area contributed by atoms with Gasteiger partial charge in [-0.05, 0) is 18.2 Å². The molecule has 2 rings (SSSR count). The summed E-state index contributed by atoms with van der Waals surface area (Å²) in [5.74, 6) is 0. The lowest BCUT2D eigenvalue weighted by atomic mass is 10.3. The van der Waals surface area contributed by atoms with Crippen LogP contribution in [0, 0.1) is 0 Å². The van der Waals surface area contributed by atoms with E-state index in [0.717, 1.165) is 0 Å². The van der Waals surface area contributed by atoms with Crippen LogP contribution in [0.15, 0.2) is 23.3 Å². The summed E-state index contributed by atoms with van der Waals surface area (Å²) in [6.45, 7) is 0.494. The summed E-state index contributed by atoms with van der Waals surface area (Å²) in [7, 11) is 1.69. The average Bonchev–Trinajstić information content (AvgIpc) is 2.26. The van der Waals surface area contributed by atoms with Crippen LogP contribution in [0.5, 0.6) is 0 Å². The van der Waals surface area contributed by atoms with E-state index in [1.807, 2.05) is 0 Å².